The van der Waals surface area contributed by atoms with E-state index in [9.17, 15) is 4.79 Å². The second-order valence-corrected chi connectivity index (χ2v) is 8.69. The Bertz CT molecular complexity index is 896. The number of nitrogens with zero attached hydrogens (tertiary/aromatic N) is 3. The van der Waals surface area contributed by atoms with E-state index in [0.29, 0.717) is 25.7 Å². The number of fused-ring (bicyclic) bond motifs is 1. The molecule has 0 saturated carbocycles. The van der Waals surface area contributed by atoms with Crippen molar-refractivity contribution in [3.05, 3.63) is 51.9 Å². The van der Waals surface area contributed by atoms with Crippen LogP contribution in [0, 0.1) is 0 Å². The summed E-state index contributed by atoms with van der Waals surface area (Å²) in [6.45, 7) is 11.5. The van der Waals surface area contributed by atoms with Gasteiger partial charge in [0.25, 0.3) is 5.56 Å². The third-order valence-corrected chi connectivity index (χ3v) is 5.38. The van der Waals surface area contributed by atoms with Gasteiger partial charge in [0.05, 0.1) is 19.8 Å². The number of ether oxygens (including phenoxy) is 3. The van der Waals surface area contributed by atoms with Crippen LogP contribution in [0.25, 0.3) is 0 Å². The molecule has 2 aliphatic rings. The highest BCUT2D eigenvalue weighted by Crippen LogP contribution is 2.25. The second-order valence-electron chi connectivity index (χ2n) is 8.69. The van der Waals surface area contributed by atoms with E-state index in [1.54, 1.807) is 6.07 Å². The molecule has 0 bridgehead atoms. The Morgan fingerprint density at radius 2 is 1.90 bits per heavy atom. The van der Waals surface area contributed by atoms with Gasteiger partial charge in [-0.15, -0.1) is 0 Å². The molecule has 3 heterocycles. The Labute approximate surface area is 171 Å². The monoisotopic (exact) mass is 399 g/mol. The fourth-order valence-electron chi connectivity index (χ4n) is 3.65. The summed E-state index contributed by atoms with van der Waals surface area (Å²) in [5, 5.41) is 0. The Morgan fingerprint density at radius 3 is 2.59 bits per heavy atom. The number of rotatable bonds is 5. The van der Waals surface area contributed by atoms with Crippen LogP contribution in [0.15, 0.2) is 35.1 Å². The summed E-state index contributed by atoms with van der Waals surface area (Å²) in [5.41, 5.74) is 2.05. The summed E-state index contributed by atoms with van der Waals surface area (Å²) >= 11 is 0. The summed E-state index contributed by atoms with van der Waals surface area (Å²) < 4.78 is 19.2. The van der Waals surface area contributed by atoms with Crippen LogP contribution in [0.5, 0.6) is 11.8 Å². The van der Waals surface area contributed by atoms with Crippen molar-refractivity contribution in [3.63, 3.8) is 0 Å². The summed E-state index contributed by atoms with van der Waals surface area (Å²) in [7, 11) is 0. The van der Waals surface area contributed by atoms with Gasteiger partial charge in [-0.05, 0) is 23.1 Å². The van der Waals surface area contributed by atoms with Crippen LogP contribution in [-0.2, 0) is 23.2 Å². The average molecular weight is 399 g/mol. The fourth-order valence-corrected chi connectivity index (χ4v) is 3.65. The zero-order valence-electron chi connectivity index (χ0n) is 17.4. The van der Waals surface area contributed by atoms with Gasteiger partial charge in [-0.2, -0.15) is 4.98 Å². The molecule has 2 aliphatic heterocycles. The summed E-state index contributed by atoms with van der Waals surface area (Å²) in [6, 6.07) is 10.2. The van der Waals surface area contributed by atoms with Gasteiger partial charge in [-0.1, -0.05) is 32.9 Å². The number of morpholine rings is 1. The minimum Gasteiger partial charge on any atom is -0.490 e. The lowest BCUT2D eigenvalue weighted by Gasteiger charge is -2.27. The largest absolute Gasteiger partial charge is 0.490 e. The zero-order valence-corrected chi connectivity index (χ0v) is 17.4. The number of hydrogen-bond acceptors (Lipinski definition) is 6. The maximum absolute atomic E-state index is 12.0. The van der Waals surface area contributed by atoms with Crippen molar-refractivity contribution in [3.8, 4) is 11.8 Å². The van der Waals surface area contributed by atoms with E-state index >= 15 is 0 Å². The van der Waals surface area contributed by atoms with Gasteiger partial charge in [0.1, 0.15) is 12.4 Å². The lowest BCUT2D eigenvalue weighted by Crippen LogP contribution is -2.36. The topological polar surface area (TPSA) is 65.8 Å². The average Bonchev–Trinajstić information content (AvgIpc) is 3.10. The molecule has 1 aromatic heterocycles. The highest BCUT2D eigenvalue weighted by Gasteiger charge is 2.27. The molecule has 2 aromatic rings. The predicted molar refractivity (Wildman–Crippen MR) is 110 cm³/mol. The molecule has 29 heavy (non-hydrogen) atoms. The van der Waals surface area contributed by atoms with E-state index in [1.165, 1.54) is 5.56 Å². The smallest absolute Gasteiger partial charge is 0.300 e. The first kappa shape index (κ1) is 19.9. The van der Waals surface area contributed by atoms with Crippen LogP contribution in [0.2, 0.25) is 0 Å². The van der Waals surface area contributed by atoms with Crippen molar-refractivity contribution in [2.24, 2.45) is 0 Å². The van der Waals surface area contributed by atoms with Crippen molar-refractivity contribution in [2.45, 2.75) is 45.4 Å². The third-order valence-electron chi connectivity index (χ3n) is 5.38. The van der Waals surface area contributed by atoms with Gasteiger partial charge in [-0.25, -0.2) is 0 Å². The lowest BCUT2D eigenvalue weighted by molar-refractivity contribution is 0.0331. The Hall–Kier alpha value is -2.38. The van der Waals surface area contributed by atoms with Gasteiger partial charge in [0.15, 0.2) is 6.10 Å². The standard InChI is InChI=1S/C22H29N3O4/c1-22(2,3)16-4-6-18(7-5-16)28-15-19-14-25-17(12-20(26)23-21(25)29-19)13-24-8-10-27-11-9-24/h4-7,12,19H,8-11,13-15H2,1-3H3/t19-/m0/s1. The van der Waals surface area contributed by atoms with Gasteiger partial charge < -0.3 is 14.2 Å². The van der Waals surface area contributed by atoms with Crippen molar-refractivity contribution >= 4 is 0 Å². The van der Waals surface area contributed by atoms with Crippen LogP contribution in [0.3, 0.4) is 0 Å². The Kier molecular flexibility index (Phi) is 5.61. The number of aromatic nitrogens is 2. The number of benzene rings is 1. The SMILES string of the molecule is CC(C)(C)c1ccc(OC[C@@H]2Cn3c(CN4CCOCC4)cc(=O)nc3O2)cc1. The zero-order chi connectivity index (χ0) is 20.4. The molecule has 0 unspecified atom stereocenters. The van der Waals surface area contributed by atoms with Gasteiger partial charge in [0.2, 0.25) is 0 Å². The highest BCUT2D eigenvalue weighted by atomic mass is 16.6. The molecular formula is C22H29N3O4. The highest BCUT2D eigenvalue weighted by molar-refractivity contribution is 5.31. The van der Waals surface area contributed by atoms with E-state index in [2.05, 4.69) is 42.8 Å². The number of hydrogen-bond donors (Lipinski definition) is 0. The maximum Gasteiger partial charge on any atom is 0.300 e. The second kappa shape index (κ2) is 8.16. The minimum absolute atomic E-state index is 0.115. The normalized spacial score (nSPS) is 19.6. The van der Waals surface area contributed by atoms with Crippen molar-refractivity contribution in [2.75, 3.05) is 32.9 Å². The first-order valence-electron chi connectivity index (χ1n) is 10.2. The van der Waals surface area contributed by atoms with Gasteiger partial charge in [-0.3, -0.25) is 14.3 Å². The van der Waals surface area contributed by atoms with Crippen LogP contribution >= 0.6 is 0 Å². The first-order chi connectivity index (χ1) is 13.9. The predicted octanol–water partition coefficient (Wildman–Crippen LogP) is 2.21. The van der Waals surface area contributed by atoms with Crippen LogP contribution in [0.1, 0.15) is 32.0 Å². The molecule has 0 spiro atoms. The molecule has 1 aromatic carbocycles. The van der Waals surface area contributed by atoms with Crippen molar-refractivity contribution in [1.82, 2.24) is 14.5 Å². The van der Waals surface area contributed by atoms with E-state index in [1.807, 2.05) is 16.7 Å². The van der Waals surface area contributed by atoms with Crippen LogP contribution in [-0.4, -0.2) is 53.5 Å². The Balaban J connectivity index is 1.39. The molecule has 0 amide bonds. The molecule has 0 N–H and O–H groups in total. The van der Waals surface area contributed by atoms with E-state index in [-0.39, 0.29) is 17.1 Å². The Morgan fingerprint density at radius 1 is 1.17 bits per heavy atom. The van der Waals surface area contributed by atoms with Crippen molar-refractivity contribution in [1.29, 1.82) is 0 Å². The minimum atomic E-state index is -0.265. The fraction of sp³-hybridized carbons (Fsp3) is 0.545. The van der Waals surface area contributed by atoms with Gasteiger partial charge >= 0.3 is 6.01 Å². The molecule has 156 valence electrons. The lowest BCUT2D eigenvalue weighted by atomic mass is 9.87. The van der Waals surface area contributed by atoms with Crippen LogP contribution in [0.4, 0.5) is 0 Å². The quantitative estimate of drug-likeness (QED) is 0.768. The summed E-state index contributed by atoms with van der Waals surface area (Å²) in [5.74, 6) is 0.813. The molecule has 1 atom stereocenters. The maximum atomic E-state index is 12.0. The van der Waals surface area contributed by atoms with Crippen molar-refractivity contribution < 1.29 is 14.2 Å². The molecular weight excluding hydrogens is 370 g/mol. The molecule has 1 fully saturated rings. The summed E-state index contributed by atoms with van der Waals surface area (Å²) in [6.07, 6.45) is -0.171. The van der Waals surface area contributed by atoms with E-state index in [0.717, 1.165) is 37.7 Å². The molecule has 1 saturated heterocycles. The summed E-state index contributed by atoms with van der Waals surface area (Å²) in [4.78, 5) is 18.3. The molecule has 4 rings (SSSR count). The van der Waals surface area contributed by atoms with Crippen LogP contribution < -0.4 is 15.0 Å². The molecule has 7 nitrogen and oxygen atoms in total. The van der Waals surface area contributed by atoms with E-state index in [4.69, 9.17) is 14.2 Å². The molecule has 0 radical (unpaired) electrons. The first-order valence-corrected chi connectivity index (χ1v) is 10.2. The van der Waals surface area contributed by atoms with E-state index < -0.39 is 0 Å². The third kappa shape index (κ3) is 4.79. The van der Waals surface area contributed by atoms with Gasteiger partial charge in [0, 0.05) is 31.4 Å². The molecule has 0 aliphatic carbocycles. The molecule has 7 heteroatoms.